The average molecular weight is 177 g/mol. The molecule has 0 unspecified atom stereocenters. The van der Waals surface area contributed by atoms with Crippen LogP contribution in [0.1, 0.15) is 5.71 Å². The summed E-state index contributed by atoms with van der Waals surface area (Å²) in [4.78, 5) is 0. The molecule has 0 saturated carbocycles. The van der Waals surface area contributed by atoms with Crippen LogP contribution in [0.15, 0.2) is 0 Å². The van der Waals surface area contributed by atoms with Crippen LogP contribution in [0.2, 0.25) is 0 Å². The summed E-state index contributed by atoms with van der Waals surface area (Å²) in [5, 5.41) is 0. The third-order valence-corrected chi connectivity index (χ3v) is 0. The van der Waals surface area contributed by atoms with Crippen molar-refractivity contribution in [2.24, 2.45) is 0 Å². The van der Waals surface area contributed by atoms with Crippen molar-refractivity contribution in [3.8, 4) is 0 Å². The topological polar surface area (TPSA) is 35.0 Å². The van der Waals surface area contributed by atoms with Crippen molar-refractivity contribution in [1.82, 2.24) is 6.15 Å². The predicted octanol–water partition coefficient (Wildman–Crippen LogP) is -11.4. The Kier molecular flexibility index (Phi) is 135. The van der Waals surface area contributed by atoms with Crippen molar-refractivity contribution < 1.29 is 211 Å². The van der Waals surface area contributed by atoms with Gasteiger partial charge in [0, 0.05) is 0 Å². The first kappa shape index (κ1) is 30.0. The molecule has 16 valence electrons. The molecular weight excluding hydrogens is 170 g/mol. The standard InChI is InChI=1S/4K.H3N.4H/h;;;;1H3;;;;/q4*+1;;4*-1. The van der Waals surface area contributed by atoms with E-state index in [0.717, 1.165) is 0 Å². The van der Waals surface area contributed by atoms with Gasteiger partial charge >= 0.3 is 206 Å². The van der Waals surface area contributed by atoms with E-state index in [0.29, 0.717) is 0 Å². The molecule has 0 bridgehead atoms. The van der Waals surface area contributed by atoms with Crippen molar-refractivity contribution in [2.45, 2.75) is 0 Å². The van der Waals surface area contributed by atoms with Gasteiger partial charge in [0.25, 0.3) is 0 Å². The van der Waals surface area contributed by atoms with E-state index >= 15 is 0 Å². The van der Waals surface area contributed by atoms with Crippen LogP contribution in [0, 0.1) is 0 Å². The fourth-order valence-corrected chi connectivity index (χ4v) is 0. The monoisotopic (exact) mass is 177 g/mol. The number of hydrogen-bond acceptors (Lipinski definition) is 1. The van der Waals surface area contributed by atoms with Crippen molar-refractivity contribution in [2.75, 3.05) is 0 Å². The van der Waals surface area contributed by atoms with Crippen molar-refractivity contribution in [3.63, 3.8) is 0 Å². The summed E-state index contributed by atoms with van der Waals surface area (Å²) in [7, 11) is 0. The molecule has 0 aromatic rings. The molecular formula is H7K4N. The Hall–Kier alpha value is 6.51. The molecule has 0 radical (unpaired) electrons. The molecule has 5 heavy (non-hydrogen) atoms. The second kappa shape index (κ2) is 22.4. The summed E-state index contributed by atoms with van der Waals surface area (Å²) in [6, 6.07) is 0. The van der Waals surface area contributed by atoms with Gasteiger partial charge in [0.05, 0.1) is 0 Å². The molecule has 0 heterocycles. The van der Waals surface area contributed by atoms with E-state index < -0.39 is 0 Å². The summed E-state index contributed by atoms with van der Waals surface area (Å²) in [6.07, 6.45) is 0. The Labute approximate surface area is 209 Å². The van der Waals surface area contributed by atoms with E-state index in [-0.39, 0.29) is 217 Å². The zero-order valence-corrected chi connectivity index (χ0v) is 17.2. The molecule has 0 aromatic heterocycles. The van der Waals surface area contributed by atoms with E-state index in [1.165, 1.54) is 0 Å². The first-order chi connectivity index (χ1) is 0. The van der Waals surface area contributed by atoms with Crippen LogP contribution in [-0.2, 0) is 0 Å². The quantitative estimate of drug-likeness (QED) is 0.367. The molecule has 0 aliphatic heterocycles. The SMILES string of the molecule is N.[H-].[H-].[H-].[H-].[K+].[K+].[K+].[K+]. The van der Waals surface area contributed by atoms with Crippen molar-refractivity contribution in [1.29, 1.82) is 0 Å². The van der Waals surface area contributed by atoms with E-state index in [2.05, 4.69) is 0 Å². The van der Waals surface area contributed by atoms with Crippen molar-refractivity contribution >= 4 is 0 Å². The molecule has 0 aliphatic carbocycles. The first-order valence-corrected chi connectivity index (χ1v) is 0. The molecule has 0 atom stereocenters. The van der Waals surface area contributed by atoms with Crippen LogP contribution in [0.5, 0.6) is 0 Å². The first-order valence-electron chi connectivity index (χ1n) is 0. The van der Waals surface area contributed by atoms with Gasteiger partial charge in [0.2, 0.25) is 0 Å². The molecule has 0 aromatic carbocycles. The molecule has 0 fully saturated rings. The van der Waals surface area contributed by atoms with Gasteiger partial charge < -0.3 is 11.9 Å². The van der Waals surface area contributed by atoms with Crippen LogP contribution in [0.25, 0.3) is 0 Å². The molecule has 3 N–H and O–H groups in total. The number of hydrogen-bond donors (Lipinski definition) is 1. The Balaban J connectivity index is 0. The maximum atomic E-state index is 0. The Morgan fingerprint density at radius 3 is 0.600 bits per heavy atom. The van der Waals surface area contributed by atoms with Gasteiger partial charge in [-0.15, -0.1) is 0 Å². The van der Waals surface area contributed by atoms with Gasteiger partial charge in [0.1, 0.15) is 0 Å². The van der Waals surface area contributed by atoms with E-state index in [4.69, 9.17) is 0 Å². The fourth-order valence-electron chi connectivity index (χ4n) is 0. The summed E-state index contributed by atoms with van der Waals surface area (Å²) in [6.45, 7) is 0. The summed E-state index contributed by atoms with van der Waals surface area (Å²) < 4.78 is 0. The van der Waals surface area contributed by atoms with Gasteiger partial charge in [-0.05, 0) is 0 Å². The Morgan fingerprint density at radius 2 is 0.600 bits per heavy atom. The Bertz CT molecular complexity index is 12.5. The molecule has 0 rings (SSSR count). The van der Waals surface area contributed by atoms with E-state index in [9.17, 15) is 0 Å². The maximum absolute atomic E-state index is 0. The molecule has 0 aliphatic rings. The van der Waals surface area contributed by atoms with Crippen LogP contribution >= 0.6 is 0 Å². The second-order valence-corrected chi connectivity index (χ2v) is 0. The normalized spacial score (nSPS) is 0. The number of rotatable bonds is 0. The Morgan fingerprint density at radius 1 is 0.600 bits per heavy atom. The third-order valence-electron chi connectivity index (χ3n) is 0. The van der Waals surface area contributed by atoms with Gasteiger partial charge in [-0.2, -0.15) is 0 Å². The smallest absolute Gasteiger partial charge is 1.00 e. The van der Waals surface area contributed by atoms with Gasteiger partial charge in [-0.3, -0.25) is 0 Å². The second-order valence-electron chi connectivity index (χ2n) is 0. The van der Waals surface area contributed by atoms with Gasteiger partial charge in [-0.25, -0.2) is 0 Å². The molecule has 0 saturated heterocycles. The predicted molar refractivity (Wildman–Crippen MR) is 9.47 cm³/mol. The fraction of sp³-hybridized carbons (Fsp3) is 0. The van der Waals surface area contributed by atoms with Gasteiger partial charge in [-0.1, -0.05) is 0 Å². The molecule has 0 amide bonds. The zero-order chi connectivity index (χ0) is 0. The van der Waals surface area contributed by atoms with Gasteiger partial charge in [0.15, 0.2) is 0 Å². The van der Waals surface area contributed by atoms with Crippen LogP contribution in [-0.4, -0.2) is 0 Å². The molecule has 0 spiro atoms. The summed E-state index contributed by atoms with van der Waals surface area (Å²) >= 11 is 0. The molecule has 5 heteroatoms. The van der Waals surface area contributed by atoms with Crippen LogP contribution in [0.4, 0.5) is 0 Å². The van der Waals surface area contributed by atoms with Crippen molar-refractivity contribution in [3.05, 3.63) is 0 Å². The minimum absolute atomic E-state index is 0. The van der Waals surface area contributed by atoms with Crippen LogP contribution in [0.3, 0.4) is 0 Å². The maximum Gasteiger partial charge on any atom is 1.00 e. The average Bonchev–Trinajstić information content (AvgIpc) is 0. The summed E-state index contributed by atoms with van der Waals surface area (Å²) in [5.41, 5.74) is 0. The zero-order valence-electron chi connectivity index (χ0n) is 8.71. The molecule has 1 nitrogen and oxygen atoms in total. The van der Waals surface area contributed by atoms with Crippen LogP contribution < -0.4 is 212 Å². The van der Waals surface area contributed by atoms with E-state index in [1.807, 2.05) is 0 Å². The summed E-state index contributed by atoms with van der Waals surface area (Å²) in [5.74, 6) is 0. The van der Waals surface area contributed by atoms with E-state index in [1.54, 1.807) is 0 Å². The minimum atomic E-state index is 0. The minimum Gasteiger partial charge on any atom is -1.00 e. The third kappa shape index (κ3) is 18.0. The largest absolute Gasteiger partial charge is 1.00 e.